The molecule has 1 aromatic heterocycles. The van der Waals surface area contributed by atoms with Gasteiger partial charge in [-0.1, -0.05) is 12.1 Å². The minimum Gasteiger partial charge on any atom is -0.495 e. The molecule has 9 nitrogen and oxygen atoms in total. The van der Waals surface area contributed by atoms with Crippen molar-refractivity contribution in [3.63, 3.8) is 0 Å². The van der Waals surface area contributed by atoms with Gasteiger partial charge in [-0.15, -0.1) is 0 Å². The predicted molar refractivity (Wildman–Crippen MR) is 120 cm³/mol. The second kappa shape index (κ2) is 10.4. The highest BCUT2D eigenvalue weighted by Crippen LogP contribution is 2.25. The van der Waals surface area contributed by atoms with Crippen LogP contribution < -0.4 is 14.8 Å². The van der Waals surface area contributed by atoms with Crippen LogP contribution >= 0.6 is 0 Å². The first-order chi connectivity index (χ1) is 15.3. The number of likely N-dealkylation sites (tertiary alicyclic amines) is 1. The molecule has 2 heterocycles. The Balaban J connectivity index is 1.59. The van der Waals surface area contributed by atoms with Crippen LogP contribution in [0.25, 0.3) is 6.08 Å². The molecule has 0 spiro atoms. The lowest BCUT2D eigenvalue weighted by Crippen LogP contribution is -2.40. The Morgan fingerprint density at radius 1 is 1.19 bits per heavy atom. The SMILES string of the molecule is CNS(=O)(=O)c1cc(C=CC(=O)N2CCC(C(=O)Nc3ccccn3)CC2)ccc1OC. The fraction of sp³-hybridized carbons (Fsp3) is 0.318. The van der Waals surface area contributed by atoms with Crippen molar-refractivity contribution in [1.29, 1.82) is 0 Å². The summed E-state index contributed by atoms with van der Waals surface area (Å²) < 4.78 is 31.8. The molecule has 3 rings (SSSR count). The zero-order chi connectivity index (χ0) is 23.1. The van der Waals surface area contributed by atoms with Crippen molar-refractivity contribution in [2.75, 3.05) is 32.6 Å². The molecule has 0 bridgehead atoms. The molecule has 1 aliphatic heterocycles. The molecule has 10 heteroatoms. The van der Waals surface area contributed by atoms with Crippen molar-refractivity contribution in [1.82, 2.24) is 14.6 Å². The summed E-state index contributed by atoms with van der Waals surface area (Å²) in [6.45, 7) is 0.928. The summed E-state index contributed by atoms with van der Waals surface area (Å²) in [5, 5.41) is 2.80. The first kappa shape index (κ1) is 23.4. The normalized spacial score (nSPS) is 15.0. The lowest BCUT2D eigenvalue weighted by molar-refractivity contribution is -0.130. The molecule has 32 heavy (non-hydrogen) atoms. The van der Waals surface area contributed by atoms with Crippen molar-refractivity contribution >= 4 is 33.7 Å². The Bertz CT molecular complexity index is 1090. The minimum atomic E-state index is -3.71. The zero-order valence-corrected chi connectivity index (χ0v) is 18.8. The number of ether oxygens (including phenoxy) is 1. The van der Waals surface area contributed by atoms with Gasteiger partial charge in [0.15, 0.2) is 0 Å². The third-order valence-electron chi connectivity index (χ3n) is 5.26. The monoisotopic (exact) mass is 458 g/mol. The van der Waals surface area contributed by atoms with Gasteiger partial charge in [0.05, 0.1) is 7.11 Å². The number of hydrogen-bond donors (Lipinski definition) is 2. The largest absolute Gasteiger partial charge is 0.495 e. The smallest absolute Gasteiger partial charge is 0.246 e. The van der Waals surface area contributed by atoms with Crippen LogP contribution in [0.1, 0.15) is 18.4 Å². The van der Waals surface area contributed by atoms with Crippen molar-refractivity contribution in [3.8, 4) is 5.75 Å². The van der Waals surface area contributed by atoms with Gasteiger partial charge in [-0.05, 0) is 55.8 Å². The molecule has 1 aromatic carbocycles. The summed E-state index contributed by atoms with van der Waals surface area (Å²) in [5.74, 6) is 0.262. The van der Waals surface area contributed by atoms with Gasteiger partial charge in [-0.3, -0.25) is 9.59 Å². The molecular formula is C22H26N4O5S. The second-order valence-corrected chi connectivity index (χ2v) is 9.11. The van der Waals surface area contributed by atoms with Crippen LogP contribution in [0.3, 0.4) is 0 Å². The van der Waals surface area contributed by atoms with Crippen LogP contribution in [-0.2, 0) is 19.6 Å². The molecule has 1 aliphatic rings. The molecule has 0 aliphatic carbocycles. The number of aromatic nitrogens is 1. The van der Waals surface area contributed by atoms with E-state index in [2.05, 4.69) is 15.0 Å². The van der Waals surface area contributed by atoms with Crippen molar-refractivity contribution < 1.29 is 22.7 Å². The van der Waals surface area contributed by atoms with E-state index in [9.17, 15) is 18.0 Å². The van der Waals surface area contributed by atoms with E-state index in [4.69, 9.17) is 4.74 Å². The molecule has 1 fully saturated rings. The van der Waals surface area contributed by atoms with Gasteiger partial charge in [-0.2, -0.15) is 0 Å². The van der Waals surface area contributed by atoms with Crippen LogP contribution in [0.2, 0.25) is 0 Å². The van der Waals surface area contributed by atoms with Gasteiger partial charge < -0.3 is 15.0 Å². The average Bonchev–Trinajstić information content (AvgIpc) is 2.83. The molecule has 2 amide bonds. The number of pyridine rings is 1. The van der Waals surface area contributed by atoms with E-state index in [0.29, 0.717) is 37.3 Å². The molecule has 0 saturated carbocycles. The van der Waals surface area contributed by atoms with Crippen molar-refractivity contribution in [2.45, 2.75) is 17.7 Å². The molecule has 0 atom stereocenters. The maximum Gasteiger partial charge on any atom is 0.246 e. The predicted octanol–water partition coefficient (Wildman–Crippen LogP) is 1.89. The van der Waals surface area contributed by atoms with Crippen molar-refractivity contribution in [3.05, 3.63) is 54.2 Å². The fourth-order valence-corrected chi connectivity index (χ4v) is 4.34. The van der Waals surface area contributed by atoms with Crippen LogP contribution in [0.4, 0.5) is 5.82 Å². The second-order valence-electron chi connectivity index (χ2n) is 7.25. The summed E-state index contributed by atoms with van der Waals surface area (Å²) in [5.41, 5.74) is 0.553. The van der Waals surface area contributed by atoms with E-state index in [1.54, 1.807) is 47.5 Å². The van der Waals surface area contributed by atoms with Crippen LogP contribution in [0.15, 0.2) is 53.6 Å². The number of methoxy groups -OCH3 is 1. The lowest BCUT2D eigenvalue weighted by atomic mass is 9.96. The third-order valence-corrected chi connectivity index (χ3v) is 6.69. The van der Waals surface area contributed by atoms with Crippen LogP contribution in [0, 0.1) is 5.92 Å². The lowest BCUT2D eigenvalue weighted by Gasteiger charge is -2.30. The van der Waals surface area contributed by atoms with E-state index in [1.807, 2.05) is 0 Å². The third kappa shape index (κ3) is 5.71. The van der Waals surface area contributed by atoms with E-state index in [0.717, 1.165) is 0 Å². The Morgan fingerprint density at radius 3 is 2.56 bits per heavy atom. The maximum atomic E-state index is 12.6. The van der Waals surface area contributed by atoms with Gasteiger partial charge >= 0.3 is 0 Å². The Kier molecular flexibility index (Phi) is 7.60. The highest BCUT2D eigenvalue weighted by Gasteiger charge is 2.27. The molecular weight excluding hydrogens is 432 g/mol. The van der Waals surface area contributed by atoms with Gasteiger partial charge in [0.1, 0.15) is 16.5 Å². The highest BCUT2D eigenvalue weighted by molar-refractivity contribution is 7.89. The number of rotatable bonds is 7. The number of sulfonamides is 1. The Hall–Kier alpha value is -3.24. The molecule has 1 saturated heterocycles. The van der Waals surface area contributed by atoms with E-state index >= 15 is 0 Å². The average molecular weight is 459 g/mol. The number of anilines is 1. The maximum absolute atomic E-state index is 12.6. The standard InChI is InChI=1S/C22H26N4O5S/c1-23-32(29,30)19-15-16(6-8-18(19)31-2)7-9-21(27)26-13-10-17(11-14-26)22(28)25-20-5-3-4-12-24-20/h3-9,12,15,17,23H,10-11,13-14H2,1-2H3,(H,24,25,28). The van der Waals surface area contributed by atoms with Crippen LogP contribution in [-0.4, -0.2) is 57.4 Å². The zero-order valence-electron chi connectivity index (χ0n) is 17.9. The molecule has 2 aromatic rings. The number of amides is 2. The first-order valence-corrected chi connectivity index (χ1v) is 11.6. The quantitative estimate of drug-likeness (QED) is 0.612. The van der Waals surface area contributed by atoms with E-state index in [1.165, 1.54) is 26.3 Å². The minimum absolute atomic E-state index is 0.00293. The number of piperidine rings is 1. The number of nitrogens with one attached hydrogen (secondary N) is 2. The number of benzene rings is 1. The Labute approximate surface area is 187 Å². The van der Waals surface area contributed by atoms with Crippen LogP contribution in [0.5, 0.6) is 5.75 Å². The summed E-state index contributed by atoms with van der Waals surface area (Å²) in [4.78, 5) is 30.8. The van der Waals surface area contributed by atoms with Gasteiger partial charge in [0.2, 0.25) is 21.8 Å². The summed E-state index contributed by atoms with van der Waals surface area (Å²) >= 11 is 0. The first-order valence-electron chi connectivity index (χ1n) is 10.1. The van der Waals surface area contributed by atoms with Crippen molar-refractivity contribution in [2.24, 2.45) is 5.92 Å². The topological polar surface area (TPSA) is 118 Å². The van der Waals surface area contributed by atoms with Gasteiger partial charge in [0, 0.05) is 31.3 Å². The van der Waals surface area contributed by atoms with E-state index in [-0.39, 0.29) is 28.4 Å². The number of hydrogen-bond acceptors (Lipinski definition) is 6. The Morgan fingerprint density at radius 2 is 1.94 bits per heavy atom. The molecule has 2 N–H and O–H groups in total. The van der Waals surface area contributed by atoms with Gasteiger partial charge in [0.25, 0.3) is 0 Å². The molecule has 0 radical (unpaired) electrons. The highest BCUT2D eigenvalue weighted by atomic mass is 32.2. The number of carbonyl (C=O) groups excluding carboxylic acids is 2. The van der Waals surface area contributed by atoms with E-state index < -0.39 is 10.0 Å². The van der Waals surface area contributed by atoms with Gasteiger partial charge in [-0.25, -0.2) is 18.1 Å². The summed E-state index contributed by atoms with van der Waals surface area (Å²) in [6.07, 6.45) is 5.71. The summed E-state index contributed by atoms with van der Waals surface area (Å²) in [7, 11) is -0.993. The molecule has 170 valence electrons. The molecule has 0 unspecified atom stereocenters. The fourth-order valence-electron chi connectivity index (χ4n) is 3.42. The number of carbonyl (C=O) groups is 2. The summed E-state index contributed by atoms with van der Waals surface area (Å²) in [6, 6.07) is 9.97. The number of nitrogens with zero attached hydrogens (tertiary/aromatic N) is 2.